The van der Waals surface area contributed by atoms with Crippen LogP contribution >= 0.6 is 15.9 Å². The van der Waals surface area contributed by atoms with Crippen LogP contribution < -0.4 is 0 Å². The molecule has 0 amide bonds. The minimum absolute atomic E-state index is 0.792. The van der Waals surface area contributed by atoms with E-state index in [-0.39, 0.29) is 0 Å². The number of pyridine rings is 1. The molecule has 5 heteroatoms. The van der Waals surface area contributed by atoms with Crippen LogP contribution in [0.2, 0.25) is 0 Å². The van der Waals surface area contributed by atoms with E-state index in [1.54, 1.807) is 12.4 Å². The van der Waals surface area contributed by atoms with Crippen molar-refractivity contribution in [2.24, 2.45) is 10.9 Å². The van der Waals surface area contributed by atoms with Crippen LogP contribution in [0.5, 0.6) is 0 Å². The first kappa shape index (κ1) is 12.5. The van der Waals surface area contributed by atoms with Crippen molar-refractivity contribution in [3.8, 4) is 5.82 Å². The van der Waals surface area contributed by atoms with Gasteiger partial charge in [-0.3, -0.25) is 4.99 Å². The van der Waals surface area contributed by atoms with Crippen LogP contribution in [-0.4, -0.2) is 27.0 Å². The van der Waals surface area contributed by atoms with Gasteiger partial charge in [0.25, 0.3) is 0 Å². The van der Waals surface area contributed by atoms with Gasteiger partial charge in [0.15, 0.2) is 5.82 Å². The monoisotopic (exact) mass is 318 g/mol. The van der Waals surface area contributed by atoms with Crippen LogP contribution in [0.1, 0.15) is 25.5 Å². The predicted molar refractivity (Wildman–Crippen MR) is 78.9 cm³/mol. The lowest BCUT2D eigenvalue weighted by Gasteiger charge is -2.07. The van der Waals surface area contributed by atoms with Gasteiger partial charge in [0.2, 0.25) is 0 Å². The summed E-state index contributed by atoms with van der Waals surface area (Å²) in [4.78, 5) is 9.01. The van der Waals surface area contributed by atoms with E-state index in [4.69, 9.17) is 0 Å². The second kappa shape index (κ2) is 5.25. The zero-order valence-corrected chi connectivity index (χ0v) is 12.3. The third-order valence-electron chi connectivity index (χ3n) is 3.22. The van der Waals surface area contributed by atoms with Crippen LogP contribution in [0.15, 0.2) is 40.1 Å². The number of aliphatic imine (C=N–C) groups is 1. The van der Waals surface area contributed by atoms with Gasteiger partial charge >= 0.3 is 0 Å². The predicted octanol–water partition coefficient (Wildman–Crippen LogP) is 3.25. The van der Waals surface area contributed by atoms with E-state index < -0.39 is 0 Å². The second-order valence-corrected chi connectivity index (χ2v) is 5.66. The minimum Gasteiger partial charge on any atom is -0.287 e. The average Bonchev–Trinajstić information content (AvgIpc) is 3.19. The largest absolute Gasteiger partial charge is 0.287 e. The van der Waals surface area contributed by atoms with E-state index in [0.29, 0.717) is 0 Å². The Morgan fingerprint density at radius 2 is 2.32 bits per heavy atom. The molecule has 19 heavy (non-hydrogen) atoms. The molecule has 1 aliphatic rings. The van der Waals surface area contributed by atoms with Gasteiger partial charge in [0.1, 0.15) is 5.69 Å². The number of hydrogen-bond acceptors (Lipinski definition) is 3. The van der Waals surface area contributed by atoms with Crippen LogP contribution in [0.3, 0.4) is 0 Å². The zero-order valence-electron chi connectivity index (χ0n) is 10.8. The quantitative estimate of drug-likeness (QED) is 0.812. The highest BCUT2D eigenvalue weighted by atomic mass is 79.9. The molecule has 1 saturated carbocycles. The molecule has 0 atom stereocenters. The van der Waals surface area contributed by atoms with Crippen molar-refractivity contribution in [2.75, 3.05) is 6.54 Å². The summed E-state index contributed by atoms with van der Waals surface area (Å²) < 4.78 is 2.78. The number of halogens is 1. The summed E-state index contributed by atoms with van der Waals surface area (Å²) in [6.45, 7) is 2.95. The summed E-state index contributed by atoms with van der Waals surface area (Å²) in [5, 5.41) is 4.38. The van der Waals surface area contributed by atoms with Crippen molar-refractivity contribution < 1.29 is 0 Å². The SMILES string of the molecule is CC(=NCC1CC1)c1c(Br)cnn1-c1ccccn1. The number of aromatic nitrogens is 3. The molecular weight excluding hydrogens is 304 g/mol. The Balaban J connectivity index is 1.96. The van der Waals surface area contributed by atoms with Gasteiger partial charge in [-0.2, -0.15) is 5.10 Å². The average molecular weight is 319 g/mol. The Morgan fingerprint density at radius 1 is 1.47 bits per heavy atom. The fourth-order valence-corrected chi connectivity index (χ4v) is 2.50. The molecule has 0 spiro atoms. The van der Waals surface area contributed by atoms with Crippen molar-refractivity contribution in [2.45, 2.75) is 19.8 Å². The van der Waals surface area contributed by atoms with Gasteiger partial charge in [0.05, 0.1) is 16.4 Å². The molecule has 0 saturated heterocycles. The molecule has 0 aromatic carbocycles. The highest BCUT2D eigenvalue weighted by Crippen LogP contribution is 2.29. The molecule has 4 nitrogen and oxygen atoms in total. The Morgan fingerprint density at radius 3 is 3.00 bits per heavy atom. The maximum absolute atomic E-state index is 4.67. The molecule has 2 heterocycles. The summed E-state index contributed by atoms with van der Waals surface area (Å²) in [6, 6.07) is 5.80. The third kappa shape index (κ3) is 2.76. The normalized spacial score (nSPS) is 15.8. The van der Waals surface area contributed by atoms with E-state index >= 15 is 0 Å². The van der Waals surface area contributed by atoms with Crippen molar-refractivity contribution in [1.82, 2.24) is 14.8 Å². The summed E-state index contributed by atoms with van der Waals surface area (Å²) in [7, 11) is 0. The van der Waals surface area contributed by atoms with E-state index in [0.717, 1.165) is 34.2 Å². The van der Waals surface area contributed by atoms with Gasteiger partial charge in [-0.25, -0.2) is 9.67 Å². The second-order valence-electron chi connectivity index (χ2n) is 4.81. The van der Waals surface area contributed by atoms with Gasteiger partial charge < -0.3 is 0 Å². The Hall–Kier alpha value is -1.49. The molecule has 2 aromatic rings. The topological polar surface area (TPSA) is 43.1 Å². The maximum Gasteiger partial charge on any atom is 0.154 e. The number of rotatable bonds is 4. The van der Waals surface area contributed by atoms with Gasteiger partial charge in [-0.15, -0.1) is 0 Å². The van der Waals surface area contributed by atoms with Gasteiger partial charge in [-0.05, 0) is 53.7 Å². The van der Waals surface area contributed by atoms with Crippen molar-refractivity contribution in [1.29, 1.82) is 0 Å². The standard InChI is InChI=1S/C14H15BrN4/c1-10(17-8-11-5-6-11)14-12(15)9-18-19(14)13-4-2-3-7-16-13/h2-4,7,9,11H,5-6,8H2,1H3. The van der Waals surface area contributed by atoms with E-state index in [1.165, 1.54) is 12.8 Å². The zero-order chi connectivity index (χ0) is 13.2. The fraction of sp³-hybridized carbons (Fsp3) is 0.357. The minimum atomic E-state index is 0.792. The highest BCUT2D eigenvalue weighted by molar-refractivity contribution is 9.10. The van der Waals surface area contributed by atoms with Crippen LogP contribution in [-0.2, 0) is 0 Å². The molecule has 2 aromatic heterocycles. The summed E-state index contributed by atoms with van der Waals surface area (Å²) in [5.74, 6) is 1.60. The Bertz CT molecular complexity index is 599. The number of nitrogens with zero attached hydrogens (tertiary/aromatic N) is 4. The van der Waals surface area contributed by atoms with Crippen LogP contribution in [0, 0.1) is 5.92 Å². The van der Waals surface area contributed by atoms with Crippen LogP contribution in [0.4, 0.5) is 0 Å². The molecule has 0 aliphatic heterocycles. The maximum atomic E-state index is 4.67. The first-order valence-corrected chi connectivity index (χ1v) is 7.21. The number of hydrogen-bond donors (Lipinski definition) is 0. The lowest BCUT2D eigenvalue weighted by Crippen LogP contribution is -2.09. The molecule has 0 bridgehead atoms. The Kier molecular flexibility index (Phi) is 3.46. The summed E-state index contributed by atoms with van der Waals surface area (Å²) >= 11 is 3.55. The molecule has 0 radical (unpaired) electrons. The molecule has 98 valence electrons. The molecule has 0 unspecified atom stereocenters. The van der Waals surface area contributed by atoms with E-state index in [9.17, 15) is 0 Å². The van der Waals surface area contributed by atoms with Crippen molar-refractivity contribution >= 4 is 21.6 Å². The fourth-order valence-electron chi connectivity index (χ4n) is 1.95. The van der Waals surface area contributed by atoms with E-state index in [1.807, 2.05) is 29.8 Å². The van der Waals surface area contributed by atoms with Gasteiger partial charge in [-0.1, -0.05) is 6.07 Å². The highest BCUT2D eigenvalue weighted by Gasteiger charge is 2.21. The van der Waals surface area contributed by atoms with Crippen LogP contribution in [0.25, 0.3) is 5.82 Å². The lowest BCUT2D eigenvalue weighted by molar-refractivity contribution is 0.824. The van der Waals surface area contributed by atoms with Gasteiger partial charge in [0, 0.05) is 12.7 Å². The molecule has 0 N–H and O–H groups in total. The molecule has 1 fully saturated rings. The third-order valence-corrected chi connectivity index (χ3v) is 3.80. The summed E-state index contributed by atoms with van der Waals surface area (Å²) in [5.41, 5.74) is 1.99. The van der Waals surface area contributed by atoms with Crippen molar-refractivity contribution in [3.05, 3.63) is 40.8 Å². The van der Waals surface area contributed by atoms with Crippen molar-refractivity contribution in [3.63, 3.8) is 0 Å². The Labute approximate surface area is 120 Å². The summed E-state index contributed by atoms with van der Waals surface area (Å²) in [6.07, 6.45) is 6.19. The van der Waals surface area contributed by atoms with E-state index in [2.05, 4.69) is 31.0 Å². The lowest BCUT2D eigenvalue weighted by atomic mass is 10.3. The smallest absolute Gasteiger partial charge is 0.154 e. The molecular formula is C14H15BrN4. The first-order chi connectivity index (χ1) is 9.25. The molecule has 3 rings (SSSR count). The first-order valence-electron chi connectivity index (χ1n) is 6.42. The molecule has 1 aliphatic carbocycles.